The first-order chi connectivity index (χ1) is 15.5. The van der Waals surface area contributed by atoms with Crippen LogP contribution in [0.15, 0.2) is 70.2 Å². The van der Waals surface area contributed by atoms with E-state index in [1.54, 1.807) is 29.5 Å². The molecule has 0 spiro atoms. The van der Waals surface area contributed by atoms with E-state index in [4.69, 9.17) is 9.15 Å². The lowest BCUT2D eigenvalue weighted by molar-refractivity contribution is 0.373. The molecular formula is C25H21N3O3S. The quantitative estimate of drug-likeness (QED) is 0.335. The van der Waals surface area contributed by atoms with Gasteiger partial charge in [-0.3, -0.25) is 5.43 Å². The molecule has 0 saturated heterocycles. The van der Waals surface area contributed by atoms with Crippen molar-refractivity contribution in [2.75, 3.05) is 12.5 Å². The van der Waals surface area contributed by atoms with Gasteiger partial charge in [0, 0.05) is 17.0 Å². The molecule has 2 heterocycles. The Kier molecular flexibility index (Phi) is 5.03. The predicted octanol–water partition coefficient (Wildman–Crippen LogP) is 5.97. The normalized spacial score (nSPS) is 11.9. The van der Waals surface area contributed by atoms with E-state index in [2.05, 4.69) is 35.4 Å². The highest BCUT2D eigenvalue weighted by atomic mass is 32.1. The van der Waals surface area contributed by atoms with Crippen LogP contribution in [0.25, 0.3) is 32.5 Å². The second kappa shape index (κ2) is 8.01. The van der Waals surface area contributed by atoms with Gasteiger partial charge in [-0.15, -0.1) is 0 Å². The van der Waals surface area contributed by atoms with Crippen molar-refractivity contribution in [2.45, 2.75) is 13.8 Å². The van der Waals surface area contributed by atoms with Gasteiger partial charge in [0.25, 0.3) is 0 Å². The van der Waals surface area contributed by atoms with E-state index >= 15 is 0 Å². The maximum absolute atomic E-state index is 9.96. The molecule has 0 aliphatic heterocycles. The Hall–Kier alpha value is -3.84. The molecule has 6 nitrogen and oxygen atoms in total. The van der Waals surface area contributed by atoms with Crippen LogP contribution in [0, 0.1) is 13.8 Å². The van der Waals surface area contributed by atoms with E-state index < -0.39 is 0 Å². The van der Waals surface area contributed by atoms with E-state index in [1.165, 1.54) is 7.11 Å². The molecule has 7 heteroatoms. The molecule has 0 atom stereocenters. The van der Waals surface area contributed by atoms with E-state index in [0.717, 1.165) is 48.4 Å². The number of phenolic OH excluding ortho intramolecular Hbond substituents is 1. The average molecular weight is 444 g/mol. The smallest absolute Gasteiger partial charge is 0.204 e. The lowest BCUT2D eigenvalue weighted by Crippen LogP contribution is -2.08. The summed E-state index contributed by atoms with van der Waals surface area (Å²) in [4.78, 5) is 4.60. The molecular weight excluding hydrogens is 422 g/mol. The molecule has 0 unspecified atom stereocenters. The number of aromatic nitrogens is 1. The maximum atomic E-state index is 9.96. The van der Waals surface area contributed by atoms with E-state index in [9.17, 15) is 5.11 Å². The van der Waals surface area contributed by atoms with Crippen molar-refractivity contribution in [3.05, 3.63) is 77.1 Å². The van der Waals surface area contributed by atoms with Crippen LogP contribution in [0.3, 0.4) is 0 Å². The second-order valence-corrected chi connectivity index (χ2v) is 8.56. The van der Waals surface area contributed by atoms with Crippen molar-refractivity contribution in [1.82, 2.24) is 4.98 Å². The monoisotopic (exact) mass is 443 g/mol. The number of thiazole rings is 1. The minimum Gasteiger partial charge on any atom is -0.504 e. The minimum atomic E-state index is 0.0749. The van der Waals surface area contributed by atoms with Gasteiger partial charge in [-0.1, -0.05) is 23.5 Å². The second-order valence-electron chi connectivity index (χ2n) is 7.53. The first-order valence-electron chi connectivity index (χ1n) is 10.1. The van der Waals surface area contributed by atoms with Crippen LogP contribution in [-0.2, 0) is 0 Å². The van der Waals surface area contributed by atoms with Crippen LogP contribution in [0.4, 0.5) is 5.13 Å². The Bertz CT molecular complexity index is 1500. The Morgan fingerprint density at radius 2 is 1.84 bits per heavy atom. The van der Waals surface area contributed by atoms with Gasteiger partial charge in [0.05, 0.1) is 22.7 Å². The van der Waals surface area contributed by atoms with Crippen LogP contribution in [-0.4, -0.2) is 17.2 Å². The summed E-state index contributed by atoms with van der Waals surface area (Å²) in [6.07, 6.45) is 0. The topological polar surface area (TPSA) is 79.9 Å². The number of nitrogens with zero attached hydrogens (tertiary/aromatic N) is 2. The molecule has 0 saturated carbocycles. The first-order valence-corrected chi connectivity index (χ1v) is 10.9. The zero-order chi connectivity index (χ0) is 22.2. The molecule has 160 valence electrons. The number of aryl methyl sites for hydroxylation is 2. The number of fused-ring (bicyclic) bond motifs is 2. The van der Waals surface area contributed by atoms with Gasteiger partial charge in [-0.05, 0) is 67.4 Å². The molecule has 0 radical (unpaired) electrons. The number of rotatable bonds is 4. The van der Waals surface area contributed by atoms with Gasteiger partial charge in [0.15, 0.2) is 11.5 Å². The van der Waals surface area contributed by atoms with Crippen LogP contribution >= 0.6 is 11.3 Å². The molecule has 32 heavy (non-hydrogen) atoms. The van der Waals surface area contributed by atoms with Gasteiger partial charge >= 0.3 is 0 Å². The van der Waals surface area contributed by atoms with Gasteiger partial charge in [0.2, 0.25) is 5.13 Å². The number of phenols is 1. The molecule has 0 amide bonds. The molecule has 2 N–H and O–H groups in total. The summed E-state index contributed by atoms with van der Waals surface area (Å²) < 4.78 is 12.6. The van der Waals surface area contributed by atoms with Crippen molar-refractivity contribution in [3.63, 3.8) is 0 Å². The summed E-state index contributed by atoms with van der Waals surface area (Å²) in [5, 5.41) is 17.0. The zero-order valence-electron chi connectivity index (χ0n) is 17.8. The molecule has 5 rings (SSSR count). The largest absolute Gasteiger partial charge is 0.504 e. The van der Waals surface area contributed by atoms with E-state index in [0.29, 0.717) is 11.5 Å². The maximum Gasteiger partial charge on any atom is 0.204 e. The number of nitrogens with one attached hydrogen (secondary N) is 1. The summed E-state index contributed by atoms with van der Waals surface area (Å²) in [6.45, 7) is 4.12. The minimum absolute atomic E-state index is 0.0749. The third-order valence-electron chi connectivity index (χ3n) is 5.39. The molecule has 2 aromatic heterocycles. The van der Waals surface area contributed by atoms with Gasteiger partial charge in [-0.2, -0.15) is 5.10 Å². The molecule has 0 aliphatic carbocycles. The fraction of sp³-hybridized carbons (Fsp3) is 0.120. The molecule has 0 aliphatic rings. The number of hydrogen-bond donors (Lipinski definition) is 2. The molecule has 5 aromatic rings. The van der Waals surface area contributed by atoms with Crippen molar-refractivity contribution in [1.29, 1.82) is 0 Å². The number of para-hydroxylation sites is 1. The highest BCUT2D eigenvalue weighted by molar-refractivity contribution is 7.22. The zero-order valence-corrected chi connectivity index (χ0v) is 18.7. The third-order valence-corrected chi connectivity index (χ3v) is 6.33. The summed E-state index contributed by atoms with van der Waals surface area (Å²) in [5.74, 6) is 1.07. The van der Waals surface area contributed by atoms with E-state index in [-0.39, 0.29) is 5.75 Å². The number of hydrogen-bond acceptors (Lipinski definition) is 7. The van der Waals surface area contributed by atoms with Crippen molar-refractivity contribution < 1.29 is 14.3 Å². The Morgan fingerprint density at radius 3 is 2.66 bits per heavy atom. The fourth-order valence-corrected chi connectivity index (χ4v) is 4.33. The van der Waals surface area contributed by atoms with E-state index in [1.807, 2.05) is 36.4 Å². The number of aromatic hydroxyl groups is 1. The summed E-state index contributed by atoms with van der Waals surface area (Å²) in [5.41, 5.74) is 7.84. The third kappa shape index (κ3) is 3.67. The van der Waals surface area contributed by atoms with Gasteiger partial charge in [0.1, 0.15) is 11.3 Å². The first kappa shape index (κ1) is 20.1. The fourth-order valence-electron chi connectivity index (χ4n) is 3.52. The summed E-state index contributed by atoms with van der Waals surface area (Å²) in [6, 6.07) is 19.1. The van der Waals surface area contributed by atoms with Crippen LogP contribution < -0.4 is 15.5 Å². The Balaban J connectivity index is 1.67. The average Bonchev–Trinajstić information content (AvgIpc) is 3.21. The van der Waals surface area contributed by atoms with Crippen molar-refractivity contribution in [2.24, 2.45) is 5.10 Å². The SMILES string of the molecule is COc1cc(-c2cc(=NNc3nc4ccccc4s3)c3cc(C)c(C)cc3o2)ccc1O. The molecule has 3 aromatic carbocycles. The number of benzene rings is 3. The Labute approximate surface area is 188 Å². The summed E-state index contributed by atoms with van der Waals surface area (Å²) in [7, 11) is 1.52. The van der Waals surface area contributed by atoms with Crippen molar-refractivity contribution >= 4 is 37.7 Å². The van der Waals surface area contributed by atoms with Crippen LogP contribution in [0.5, 0.6) is 11.5 Å². The summed E-state index contributed by atoms with van der Waals surface area (Å²) >= 11 is 1.55. The number of anilines is 1. The highest BCUT2D eigenvalue weighted by Gasteiger charge is 2.11. The lowest BCUT2D eigenvalue weighted by Gasteiger charge is -2.09. The standard InChI is InChI=1S/C25H21N3O3S/c1-14-10-17-19(27-28-25-26-18-6-4-5-7-24(18)32-25)13-21(31-22(17)11-15(14)2)16-8-9-20(29)23(12-16)30-3/h4-13,29H,1-3H3,(H,26,28). The van der Waals surface area contributed by atoms with Gasteiger partial charge in [-0.25, -0.2) is 4.98 Å². The van der Waals surface area contributed by atoms with Crippen LogP contribution in [0.1, 0.15) is 11.1 Å². The predicted molar refractivity (Wildman–Crippen MR) is 128 cm³/mol. The van der Waals surface area contributed by atoms with Gasteiger partial charge < -0.3 is 14.3 Å². The molecule has 0 bridgehead atoms. The molecule has 0 fully saturated rings. The lowest BCUT2D eigenvalue weighted by atomic mass is 10.1. The Morgan fingerprint density at radius 1 is 1.03 bits per heavy atom. The number of methoxy groups -OCH3 is 1. The highest BCUT2D eigenvalue weighted by Crippen LogP contribution is 2.32. The number of ether oxygens (including phenoxy) is 1. The van der Waals surface area contributed by atoms with Crippen LogP contribution in [0.2, 0.25) is 0 Å². The van der Waals surface area contributed by atoms with Crippen molar-refractivity contribution in [3.8, 4) is 22.8 Å².